The third-order valence-corrected chi connectivity index (χ3v) is 2.77. The molecule has 1 amide bonds. The normalized spacial score (nSPS) is 16.6. The van der Waals surface area contributed by atoms with E-state index in [2.05, 4.69) is 0 Å². The van der Waals surface area contributed by atoms with E-state index in [9.17, 15) is 9.90 Å². The minimum Gasteiger partial charge on any atom is -0.482 e. The van der Waals surface area contributed by atoms with E-state index < -0.39 is 5.60 Å². The van der Waals surface area contributed by atoms with Crippen LogP contribution in [-0.2, 0) is 4.79 Å². The van der Waals surface area contributed by atoms with E-state index in [0.29, 0.717) is 24.4 Å². The molecule has 1 aromatic carbocycles. The summed E-state index contributed by atoms with van der Waals surface area (Å²) in [6.45, 7) is 2.22. The molecule has 94 valence electrons. The average Bonchev–Trinajstić information content (AvgIpc) is 2.33. The zero-order chi connectivity index (χ0) is 13.2. The average molecular weight is 246 g/mol. The Bertz CT molecular complexity index is 497. The van der Waals surface area contributed by atoms with E-state index in [4.69, 9.17) is 10.00 Å². The number of para-hydroxylation sites is 1. The van der Waals surface area contributed by atoms with Gasteiger partial charge in [0.2, 0.25) is 0 Å². The molecule has 0 spiro atoms. The van der Waals surface area contributed by atoms with Gasteiger partial charge in [0, 0.05) is 0 Å². The Kier molecular flexibility index (Phi) is 3.21. The molecule has 0 bridgehead atoms. The molecule has 0 aromatic heterocycles. The first-order chi connectivity index (χ1) is 8.52. The van der Waals surface area contributed by atoms with Crippen LogP contribution in [0.5, 0.6) is 5.75 Å². The summed E-state index contributed by atoms with van der Waals surface area (Å²) in [4.78, 5) is 13.2. The van der Waals surface area contributed by atoms with Gasteiger partial charge in [0.1, 0.15) is 11.8 Å². The number of β-amino-alcohol motifs (C(OH)–C–C–N with tert-alkyl or cyclic N) is 1. The van der Waals surface area contributed by atoms with Gasteiger partial charge in [-0.3, -0.25) is 4.79 Å². The summed E-state index contributed by atoms with van der Waals surface area (Å²) in [6, 6.07) is 8.76. The van der Waals surface area contributed by atoms with Crippen molar-refractivity contribution in [1.29, 1.82) is 5.26 Å². The van der Waals surface area contributed by atoms with Crippen molar-refractivity contribution in [3.63, 3.8) is 0 Å². The zero-order valence-electron chi connectivity index (χ0n) is 10.1. The molecule has 5 nitrogen and oxygen atoms in total. The fraction of sp³-hybridized carbons (Fsp3) is 0.385. The highest BCUT2D eigenvalue weighted by Crippen LogP contribution is 2.21. The molecular weight excluding hydrogens is 232 g/mol. The van der Waals surface area contributed by atoms with Crippen molar-refractivity contribution < 1.29 is 14.6 Å². The molecule has 0 atom stereocenters. The van der Waals surface area contributed by atoms with Crippen molar-refractivity contribution in [2.24, 2.45) is 0 Å². The number of amides is 1. The van der Waals surface area contributed by atoms with Gasteiger partial charge in [-0.25, -0.2) is 0 Å². The van der Waals surface area contributed by atoms with Crippen LogP contribution >= 0.6 is 0 Å². The summed E-state index contributed by atoms with van der Waals surface area (Å²) in [5.74, 6) is 0.218. The Hall–Kier alpha value is -2.06. The van der Waals surface area contributed by atoms with Crippen molar-refractivity contribution in [2.75, 3.05) is 19.7 Å². The van der Waals surface area contributed by atoms with Gasteiger partial charge in [0.15, 0.2) is 6.61 Å². The van der Waals surface area contributed by atoms with Crippen molar-refractivity contribution >= 4 is 5.91 Å². The number of hydrogen-bond acceptors (Lipinski definition) is 4. The highest BCUT2D eigenvalue weighted by atomic mass is 16.5. The second-order valence-electron chi connectivity index (χ2n) is 4.64. The second-order valence-corrected chi connectivity index (χ2v) is 4.64. The lowest BCUT2D eigenvalue weighted by atomic mass is 9.97. The van der Waals surface area contributed by atoms with E-state index >= 15 is 0 Å². The van der Waals surface area contributed by atoms with Crippen LogP contribution in [0, 0.1) is 11.3 Å². The molecule has 5 heteroatoms. The lowest BCUT2D eigenvalue weighted by molar-refractivity contribution is -0.154. The number of likely N-dealkylation sites (tertiary alicyclic amines) is 1. The molecule has 1 N–H and O–H groups in total. The number of nitriles is 1. The Morgan fingerprint density at radius 2 is 2.22 bits per heavy atom. The smallest absolute Gasteiger partial charge is 0.260 e. The fourth-order valence-electron chi connectivity index (χ4n) is 1.87. The Morgan fingerprint density at radius 3 is 2.83 bits per heavy atom. The largest absolute Gasteiger partial charge is 0.482 e. The SMILES string of the molecule is CC1(O)CN(C(=O)COc2ccccc2C#N)C1. The number of ether oxygens (including phenoxy) is 1. The van der Waals surface area contributed by atoms with Crippen LogP contribution in [0.4, 0.5) is 0 Å². The van der Waals surface area contributed by atoms with Gasteiger partial charge in [0.25, 0.3) is 5.91 Å². The number of benzene rings is 1. The summed E-state index contributed by atoms with van der Waals surface area (Å²) in [5, 5.41) is 18.4. The Morgan fingerprint density at radius 1 is 1.56 bits per heavy atom. The first-order valence-corrected chi connectivity index (χ1v) is 5.64. The number of rotatable bonds is 3. The van der Waals surface area contributed by atoms with Gasteiger partial charge in [-0.2, -0.15) is 5.26 Å². The van der Waals surface area contributed by atoms with Gasteiger partial charge in [-0.05, 0) is 19.1 Å². The van der Waals surface area contributed by atoms with Gasteiger partial charge in [-0.1, -0.05) is 12.1 Å². The van der Waals surface area contributed by atoms with Crippen molar-refractivity contribution in [3.05, 3.63) is 29.8 Å². The first kappa shape index (κ1) is 12.4. The molecule has 1 fully saturated rings. The van der Waals surface area contributed by atoms with Crippen LogP contribution in [0.15, 0.2) is 24.3 Å². The summed E-state index contributed by atoms with van der Waals surface area (Å²) < 4.78 is 5.32. The van der Waals surface area contributed by atoms with E-state index in [1.54, 1.807) is 31.2 Å². The minimum atomic E-state index is -0.778. The molecule has 1 aliphatic rings. The number of carbonyl (C=O) groups is 1. The molecular formula is C13H14N2O3. The predicted octanol–water partition coefficient (Wildman–Crippen LogP) is 0.530. The van der Waals surface area contributed by atoms with Gasteiger partial charge in [0.05, 0.1) is 24.3 Å². The quantitative estimate of drug-likeness (QED) is 0.844. The molecule has 0 saturated carbocycles. The van der Waals surface area contributed by atoms with E-state index in [0.717, 1.165) is 0 Å². The maximum absolute atomic E-state index is 11.7. The van der Waals surface area contributed by atoms with Crippen molar-refractivity contribution in [2.45, 2.75) is 12.5 Å². The van der Waals surface area contributed by atoms with Crippen LogP contribution < -0.4 is 4.74 Å². The van der Waals surface area contributed by atoms with Gasteiger partial charge >= 0.3 is 0 Å². The van der Waals surface area contributed by atoms with Crippen LogP contribution in [-0.4, -0.2) is 41.2 Å². The topological polar surface area (TPSA) is 73.6 Å². The van der Waals surface area contributed by atoms with Gasteiger partial charge < -0.3 is 14.7 Å². The molecule has 0 radical (unpaired) electrons. The monoisotopic (exact) mass is 246 g/mol. The second kappa shape index (κ2) is 4.67. The number of carbonyl (C=O) groups excluding carboxylic acids is 1. The molecule has 0 aliphatic carbocycles. The predicted molar refractivity (Wildman–Crippen MR) is 63.9 cm³/mol. The standard InChI is InChI=1S/C13H14N2O3/c1-13(17)8-15(9-13)12(16)7-18-11-5-3-2-4-10(11)6-14/h2-5,17H,7-9H2,1H3. The zero-order valence-corrected chi connectivity index (χ0v) is 10.1. The molecule has 18 heavy (non-hydrogen) atoms. The highest BCUT2D eigenvalue weighted by Gasteiger charge is 2.39. The molecule has 1 aliphatic heterocycles. The molecule has 1 aromatic rings. The summed E-state index contributed by atoms with van der Waals surface area (Å²) in [7, 11) is 0. The lowest BCUT2D eigenvalue weighted by Gasteiger charge is -2.43. The summed E-state index contributed by atoms with van der Waals surface area (Å²) in [5.41, 5.74) is -0.374. The Labute approximate surface area is 105 Å². The third-order valence-electron chi connectivity index (χ3n) is 2.77. The number of hydrogen-bond donors (Lipinski definition) is 1. The first-order valence-electron chi connectivity index (χ1n) is 5.64. The molecule has 2 rings (SSSR count). The summed E-state index contributed by atoms with van der Waals surface area (Å²) in [6.07, 6.45) is 0. The van der Waals surface area contributed by atoms with Crippen molar-refractivity contribution in [1.82, 2.24) is 4.90 Å². The number of aliphatic hydroxyl groups is 1. The lowest BCUT2D eigenvalue weighted by Crippen LogP contribution is -2.62. The van der Waals surface area contributed by atoms with Crippen molar-refractivity contribution in [3.8, 4) is 11.8 Å². The van der Waals surface area contributed by atoms with Crippen LogP contribution in [0.25, 0.3) is 0 Å². The van der Waals surface area contributed by atoms with E-state index in [1.165, 1.54) is 4.90 Å². The number of nitrogens with zero attached hydrogens (tertiary/aromatic N) is 2. The molecule has 0 unspecified atom stereocenters. The van der Waals surface area contributed by atoms with Crippen LogP contribution in [0.2, 0.25) is 0 Å². The summed E-state index contributed by atoms with van der Waals surface area (Å²) >= 11 is 0. The minimum absolute atomic E-state index is 0.116. The van der Waals surface area contributed by atoms with E-state index in [1.807, 2.05) is 6.07 Å². The molecule has 1 saturated heterocycles. The maximum atomic E-state index is 11.7. The third kappa shape index (κ3) is 2.60. The van der Waals surface area contributed by atoms with Crippen LogP contribution in [0.3, 0.4) is 0 Å². The van der Waals surface area contributed by atoms with Crippen LogP contribution in [0.1, 0.15) is 12.5 Å². The maximum Gasteiger partial charge on any atom is 0.260 e. The Balaban J connectivity index is 1.89. The highest BCUT2D eigenvalue weighted by molar-refractivity contribution is 5.79. The van der Waals surface area contributed by atoms with E-state index in [-0.39, 0.29) is 12.5 Å². The fourth-order valence-corrected chi connectivity index (χ4v) is 1.87. The molecule has 1 heterocycles. The van der Waals surface area contributed by atoms with Gasteiger partial charge in [-0.15, -0.1) is 0 Å².